The van der Waals surface area contributed by atoms with Gasteiger partial charge in [-0.15, -0.1) is 0 Å². The fourth-order valence-electron chi connectivity index (χ4n) is 1.45. The number of sulfonamides is 1. The maximum atomic E-state index is 12.1. The van der Waals surface area contributed by atoms with Gasteiger partial charge in [-0.05, 0) is 24.6 Å². The van der Waals surface area contributed by atoms with E-state index in [1.165, 1.54) is 18.5 Å². The van der Waals surface area contributed by atoms with E-state index >= 15 is 0 Å². The molecular formula is C12H11ClN2O2S. The van der Waals surface area contributed by atoms with E-state index in [-0.39, 0.29) is 9.92 Å². The van der Waals surface area contributed by atoms with Gasteiger partial charge in [0.25, 0.3) is 10.0 Å². The van der Waals surface area contributed by atoms with Crippen molar-refractivity contribution in [2.45, 2.75) is 11.8 Å². The third-order valence-corrected chi connectivity index (χ3v) is 4.25. The molecular weight excluding hydrogens is 272 g/mol. The maximum absolute atomic E-state index is 12.1. The van der Waals surface area contributed by atoms with Crippen LogP contribution >= 0.6 is 11.6 Å². The lowest BCUT2D eigenvalue weighted by molar-refractivity contribution is 0.601. The predicted octanol–water partition coefficient (Wildman–Crippen LogP) is 2.84. The van der Waals surface area contributed by atoms with Crippen molar-refractivity contribution in [2.75, 3.05) is 4.72 Å². The molecule has 0 saturated carbocycles. The number of nitrogens with one attached hydrogen (secondary N) is 1. The summed E-state index contributed by atoms with van der Waals surface area (Å²) in [7, 11) is -3.71. The fraction of sp³-hybridized carbons (Fsp3) is 0.0833. The van der Waals surface area contributed by atoms with Crippen LogP contribution in [-0.2, 0) is 10.0 Å². The van der Waals surface area contributed by atoms with E-state index in [1.54, 1.807) is 12.1 Å². The number of aryl methyl sites for hydroxylation is 1. The summed E-state index contributed by atoms with van der Waals surface area (Å²) in [6, 6.07) is 8.55. The Morgan fingerprint density at radius 3 is 2.61 bits per heavy atom. The van der Waals surface area contributed by atoms with Crippen molar-refractivity contribution in [3.8, 4) is 0 Å². The summed E-state index contributed by atoms with van der Waals surface area (Å²) >= 11 is 5.86. The molecule has 0 aliphatic rings. The third kappa shape index (κ3) is 2.63. The summed E-state index contributed by atoms with van der Waals surface area (Å²) < 4.78 is 26.8. The van der Waals surface area contributed by atoms with E-state index in [1.807, 2.05) is 19.1 Å². The van der Waals surface area contributed by atoms with Crippen LogP contribution in [0.25, 0.3) is 0 Å². The summed E-state index contributed by atoms with van der Waals surface area (Å²) in [6.07, 6.45) is 2.66. The number of hydrogen-bond acceptors (Lipinski definition) is 3. The van der Waals surface area contributed by atoms with Crippen LogP contribution in [0.4, 0.5) is 5.69 Å². The summed E-state index contributed by atoms with van der Waals surface area (Å²) in [5.41, 5.74) is 1.36. The lowest BCUT2D eigenvalue weighted by Gasteiger charge is -2.10. The lowest BCUT2D eigenvalue weighted by Crippen LogP contribution is -2.14. The van der Waals surface area contributed by atoms with Crippen molar-refractivity contribution >= 4 is 27.3 Å². The molecule has 2 aromatic rings. The molecule has 0 saturated heterocycles. The first kappa shape index (κ1) is 12.9. The largest absolute Gasteiger partial charge is 0.279 e. The number of rotatable bonds is 3. The average molecular weight is 283 g/mol. The van der Waals surface area contributed by atoms with Gasteiger partial charge in [-0.2, -0.15) is 0 Å². The Morgan fingerprint density at radius 1 is 1.22 bits per heavy atom. The van der Waals surface area contributed by atoms with Gasteiger partial charge in [0, 0.05) is 12.4 Å². The Labute approximate surface area is 111 Å². The highest BCUT2D eigenvalue weighted by Gasteiger charge is 2.18. The minimum absolute atomic E-state index is 0.0325. The second-order valence-electron chi connectivity index (χ2n) is 3.73. The molecule has 1 heterocycles. The first-order chi connectivity index (χ1) is 8.50. The topological polar surface area (TPSA) is 59.1 Å². The van der Waals surface area contributed by atoms with Crippen LogP contribution in [0, 0.1) is 6.92 Å². The van der Waals surface area contributed by atoms with Gasteiger partial charge in [0.2, 0.25) is 0 Å². The quantitative estimate of drug-likeness (QED) is 0.942. The Morgan fingerprint density at radius 2 is 1.94 bits per heavy atom. The van der Waals surface area contributed by atoms with E-state index in [0.717, 1.165) is 5.56 Å². The van der Waals surface area contributed by atoms with Gasteiger partial charge in [0.15, 0.2) is 0 Å². The second-order valence-corrected chi connectivity index (χ2v) is 5.78. The zero-order valence-corrected chi connectivity index (χ0v) is 11.2. The molecule has 1 N–H and O–H groups in total. The molecule has 1 aromatic carbocycles. The number of nitrogens with zero attached hydrogens (tertiary/aromatic N) is 1. The van der Waals surface area contributed by atoms with E-state index in [0.29, 0.717) is 5.69 Å². The van der Waals surface area contributed by atoms with Gasteiger partial charge in [0.05, 0.1) is 10.7 Å². The number of hydrogen-bond donors (Lipinski definition) is 1. The lowest BCUT2D eigenvalue weighted by atomic mass is 10.2. The SMILES string of the molecule is Cc1ccccc1NS(=O)(=O)c1cnccc1Cl. The molecule has 6 heteroatoms. The number of para-hydroxylation sites is 1. The van der Waals surface area contributed by atoms with Crippen LogP contribution in [0.15, 0.2) is 47.6 Å². The van der Waals surface area contributed by atoms with Crippen molar-refractivity contribution in [1.29, 1.82) is 0 Å². The van der Waals surface area contributed by atoms with Gasteiger partial charge in [-0.3, -0.25) is 9.71 Å². The van der Waals surface area contributed by atoms with Crippen LogP contribution in [0.3, 0.4) is 0 Å². The van der Waals surface area contributed by atoms with E-state index in [2.05, 4.69) is 9.71 Å². The Hall–Kier alpha value is -1.59. The Balaban J connectivity index is 2.40. The van der Waals surface area contributed by atoms with E-state index in [9.17, 15) is 8.42 Å². The van der Waals surface area contributed by atoms with Gasteiger partial charge < -0.3 is 0 Å². The highest BCUT2D eigenvalue weighted by molar-refractivity contribution is 7.92. The summed E-state index contributed by atoms with van der Waals surface area (Å²) in [6.45, 7) is 1.82. The zero-order chi connectivity index (χ0) is 13.2. The normalized spacial score (nSPS) is 11.2. The Bertz CT molecular complexity index is 671. The smallest absolute Gasteiger partial charge is 0.264 e. The van der Waals surface area contributed by atoms with Crippen molar-refractivity contribution in [1.82, 2.24) is 4.98 Å². The van der Waals surface area contributed by atoms with Gasteiger partial charge >= 0.3 is 0 Å². The molecule has 0 aliphatic carbocycles. The van der Waals surface area contributed by atoms with Crippen molar-refractivity contribution < 1.29 is 8.42 Å². The molecule has 0 fully saturated rings. The van der Waals surface area contributed by atoms with Crippen LogP contribution in [0.5, 0.6) is 0 Å². The Kier molecular flexibility index (Phi) is 3.54. The van der Waals surface area contributed by atoms with Gasteiger partial charge in [-0.1, -0.05) is 29.8 Å². The first-order valence-electron chi connectivity index (χ1n) is 5.18. The minimum Gasteiger partial charge on any atom is -0.279 e. The number of aromatic nitrogens is 1. The first-order valence-corrected chi connectivity index (χ1v) is 7.05. The fourth-order valence-corrected chi connectivity index (χ4v) is 3.01. The van der Waals surface area contributed by atoms with E-state index < -0.39 is 10.0 Å². The molecule has 0 atom stereocenters. The number of pyridine rings is 1. The van der Waals surface area contributed by atoms with Crippen molar-refractivity contribution in [3.05, 3.63) is 53.3 Å². The van der Waals surface area contributed by atoms with Crippen LogP contribution in [0.1, 0.15) is 5.56 Å². The summed E-state index contributed by atoms with van der Waals surface area (Å²) in [4.78, 5) is 3.74. The van der Waals surface area contributed by atoms with E-state index in [4.69, 9.17) is 11.6 Å². The van der Waals surface area contributed by atoms with Crippen LogP contribution < -0.4 is 4.72 Å². The molecule has 0 radical (unpaired) electrons. The molecule has 94 valence electrons. The average Bonchev–Trinajstić information content (AvgIpc) is 2.32. The van der Waals surface area contributed by atoms with Crippen LogP contribution in [-0.4, -0.2) is 13.4 Å². The molecule has 0 bridgehead atoms. The number of anilines is 1. The molecule has 18 heavy (non-hydrogen) atoms. The summed E-state index contributed by atoms with van der Waals surface area (Å²) in [5.74, 6) is 0. The van der Waals surface area contributed by atoms with Gasteiger partial charge in [-0.25, -0.2) is 8.42 Å². The highest BCUT2D eigenvalue weighted by Crippen LogP contribution is 2.23. The molecule has 1 aromatic heterocycles. The molecule has 0 aliphatic heterocycles. The predicted molar refractivity (Wildman–Crippen MR) is 71.2 cm³/mol. The molecule has 0 unspecified atom stereocenters. The third-order valence-electron chi connectivity index (χ3n) is 2.41. The zero-order valence-electron chi connectivity index (χ0n) is 9.59. The standard InChI is InChI=1S/C12H11ClN2O2S/c1-9-4-2-3-5-11(9)15-18(16,17)12-8-14-7-6-10(12)13/h2-8,15H,1H3. The number of halogens is 1. The highest BCUT2D eigenvalue weighted by atomic mass is 35.5. The summed E-state index contributed by atoms with van der Waals surface area (Å²) in [5, 5.41) is 0.145. The maximum Gasteiger partial charge on any atom is 0.264 e. The minimum atomic E-state index is -3.71. The molecule has 0 spiro atoms. The van der Waals surface area contributed by atoms with Crippen molar-refractivity contribution in [3.63, 3.8) is 0 Å². The number of benzene rings is 1. The molecule has 0 amide bonds. The van der Waals surface area contributed by atoms with Crippen LogP contribution in [0.2, 0.25) is 5.02 Å². The van der Waals surface area contributed by atoms with Crippen molar-refractivity contribution in [2.24, 2.45) is 0 Å². The van der Waals surface area contributed by atoms with Gasteiger partial charge in [0.1, 0.15) is 4.90 Å². The monoisotopic (exact) mass is 282 g/mol. The molecule has 2 rings (SSSR count). The molecule has 4 nitrogen and oxygen atoms in total. The second kappa shape index (κ2) is 4.96.